The molecule has 0 unspecified atom stereocenters. The Labute approximate surface area is 112 Å². The lowest BCUT2D eigenvalue weighted by atomic mass is 10.1. The van der Waals surface area contributed by atoms with Gasteiger partial charge in [0, 0.05) is 25.5 Å². The summed E-state index contributed by atoms with van der Waals surface area (Å²) < 4.78 is 0. The number of pyridine rings is 1. The molecule has 2 N–H and O–H groups in total. The first-order valence-electron chi connectivity index (χ1n) is 6.12. The largest absolute Gasteiger partial charge is 0.326 e. The van der Waals surface area contributed by atoms with Crippen LogP contribution in [-0.2, 0) is 6.54 Å². The van der Waals surface area contributed by atoms with Crippen LogP contribution in [0.5, 0.6) is 0 Å². The van der Waals surface area contributed by atoms with E-state index < -0.39 is 0 Å². The molecule has 0 atom stereocenters. The van der Waals surface area contributed by atoms with Crippen LogP contribution in [0.3, 0.4) is 0 Å². The summed E-state index contributed by atoms with van der Waals surface area (Å²) in [6.07, 6.45) is 1.61. The summed E-state index contributed by atoms with van der Waals surface area (Å²) >= 11 is 0. The SMILES string of the molecule is Cc1ccccc1N(C)C(=O)c1cc(CN)ccn1. The number of benzene rings is 1. The minimum absolute atomic E-state index is 0.135. The van der Waals surface area contributed by atoms with Crippen LogP contribution in [0.25, 0.3) is 0 Å². The second-order valence-electron chi connectivity index (χ2n) is 4.40. The Balaban J connectivity index is 2.31. The second-order valence-corrected chi connectivity index (χ2v) is 4.40. The third-order valence-electron chi connectivity index (χ3n) is 3.06. The summed E-state index contributed by atoms with van der Waals surface area (Å²) in [7, 11) is 1.75. The van der Waals surface area contributed by atoms with E-state index in [-0.39, 0.29) is 5.91 Å². The van der Waals surface area contributed by atoms with E-state index in [2.05, 4.69) is 4.98 Å². The molecule has 1 aromatic heterocycles. The number of carbonyl (C=O) groups is 1. The second kappa shape index (κ2) is 5.63. The van der Waals surface area contributed by atoms with Crippen molar-refractivity contribution in [3.05, 3.63) is 59.4 Å². The fraction of sp³-hybridized carbons (Fsp3) is 0.200. The maximum Gasteiger partial charge on any atom is 0.276 e. The van der Waals surface area contributed by atoms with Gasteiger partial charge in [-0.25, -0.2) is 0 Å². The number of rotatable bonds is 3. The van der Waals surface area contributed by atoms with Gasteiger partial charge in [-0.05, 0) is 36.2 Å². The average Bonchev–Trinajstić information content (AvgIpc) is 2.46. The van der Waals surface area contributed by atoms with Gasteiger partial charge in [0.15, 0.2) is 0 Å². The van der Waals surface area contributed by atoms with Crippen molar-refractivity contribution >= 4 is 11.6 Å². The van der Waals surface area contributed by atoms with Crippen LogP contribution in [0.4, 0.5) is 5.69 Å². The van der Waals surface area contributed by atoms with E-state index in [0.29, 0.717) is 12.2 Å². The number of nitrogens with two attached hydrogens (primary N) is 1. The maximum atomic E-state index is 12.4. The van der Waals surface area contributed by atoms with Crippen molar-refractivity contribution in [3.8, 4) is 0 Å². The summed E-state index contributed by atoms with van der Waals surface area (Å²) in [5, 5.41) is 0. The zero-order valence-electron chi connectivity index (χ0n) is 11.1. The Bertz CT molecular complexity index is 595. The summed E-state index contributed by atoms with van der Waals surface area (Å²) in [6, 6.07) is 11.3. The van der Waals surface area contributed by atoms with Crippen molar-refractivity contribution in [2.24, 2.45) is 5.73 Å². The highest BCUT2D eigenvalue weighted by atomic mass is 16.2. The molecule has 0 aliphatic carbocycles. The van der Waals surface area contributed by atoms with Crippen LogP contribution in [0.15, 0.2) is 42.6 Å². The Morgan fingerprint density at radius 3 is 2.74 bits per heavy atom. The van der Waals surface area contributed by atoms with Crippen molar-refractivity contribution in [1.29, 1.82) is 0 Å². The van der Waals surface area contributed by atoms with Gasteiger partial charge < -0.3 is 10.6 Å². The fourth-order valence-electron chi connectivity index (χ4n) is 1.94. The highest BCUT2D eigenvalue weighted by molar-refractivity contribution is 6.04. The maximum absolute atomic E-state index is 12.4. The van der Waals surface area contributed by atoms with E-state index in [1.807, 2.05) is 37.3 Å². The molecule has 2 rings (SSSR count). The number of para-hydroxylation sites is 1. The van der Waals surface area contributed by atoms with E-state index in [0.717, 1.165) is 16.8 Å². The molecule has 0 spiro atoms. The number of amides is 1. The van der Waals surface area contributed by atoms with Gasteiger partial charge in [-0.2, -0.15) is 0 Å². The van der Waals surface area contributed by atoms with Crippen LogP contribution in [0.2, 0.25) is 0 Å². The van der Waals surface area contributed by atoms with Crippen molar-refractivity contribution in [1.82, 2.24) is 4.98 Å². The van der Waals surface area contributed by atoms with Gasteiger partial charge in [0.05, 0.1) is 0 Å². The smallest absolute Gasteiger partial charge is 0.276 e. The molecule has 0 aliphatic rings. The number of nitrogens with zero attached hydrogens (tertiary/aromatic N) is 2. The minimum atomic E-state index is -0.135. The third kappa shape index (κ3) is 2.80. The topological polar surface area (TPSA) is 59.2 Å². The van der Waals surface area contributed by atoms with Crippen molar-refractivity contribution in [2.45, 2.75) is 13.5 Å². The Hall–Kier alpha value is -2.20. The van der Waals surface area contributed by atoms with Gasteiger partial charge in [0.1, 0.15) is 5.69 Å². The molecular formula is C15H17N3O. The van der Waals surface area contributed by atoms with Crippen LogP contribution in [0.1, 0.15) is 21.6 Å². The molecule has 19 heavy (non-hydrogen) atoms. The lowest BCUT2D eigenvalue weighted by Gasteiger charge is -2.19. The quantitative estimate of drug-likeness (QED) is 0.914. The number of aryl methyl sites for hydroxylation is 1. The van der Waals surface area contributed by atoms with E-state index in [1.165, 1.54) is 0 Å². The predicted octanol–water partition coefficient (Wildman–Crippen LogP) is 2.13. The summed E-state index contributed by atoms with van der Waals surface area (Å²) in [5.74, 6) is -0.135. The fourth-order valence-corrected chi connectivity index (χ4v) is 1.94. The molecule has 0 saturated heterocycles. The van der Waals surface area contributed by atoms with Gasteiger partial charge in [0.2, 0.25) is 0 Å². The zero-order valence-corrected chi connectivity index (χ0v) is 11.1. The number of aromatic nitrogens is 1. The summed E-state index contributed by atoms with van der Waals surface area (Å²) in [6.45, 7) is 2.37. The molecule has 4 nitrogen and oxygen atoms in total. The molecule has 0 bridgehead atoms. The standard InChI is InChI=1S/C15H17N3O/c1-11-5-3-4-6-14(11)18(2)15(19)13-9-12(10-16)7-8-17-13/h3-9H,10,16H2,1-2H3. The summed E-state index contributed by atoms with van der Waals surface area (Å²) in [4.78, 5) is 18.1. The van der Waals surface area contributed by atoms with E-state index >= 15 is 0 Å². The van der Waals surface area contributed by atoms with Crippen molar-refractivity contribution in [3.63, 3.8) is 0 Å². The monoisotopic (exact) mass is 255 g/mol. The third-order valence-corrected chi connectivity index (χ3v) is 3.06. The van der Waals surface area contributed by atoms with Gasteiger partial charge in [0.25, 0.3) is 5.91 Å². The first-order valence-corrected chi connectivity index (χ1v) is 6.12. The Morgan fingerprint density at radius 1 is 1.32 bits per heavy atom. The normalized spacial score (nSPS) is 10.3. The molecule has 0 fully saturated rings. The highest BCUT2D eigenvalue weighted by Gasteiger charge is 2.16. The first kappa shape index (κ1) is 13.2. The summed E-state index contributed by atoms with van der Waals surface area (Å²) in [5.41, 5.74) is 8.82. The van der Waals surface area contributed by atoms with Gasteiger partial charge in [-0.3, -0.25) is 9.78 Å². The van der Waals surface area contributed by atoms with Crippen LogP contribution in [-0.4, -0.2) is 17.9 Å². The molecule has 1 aromatic carbocycles. The lowest BCUT2D eigenvalue weighted by Crippen LogP contribution is -2.27. The van der Waals surface area contributed by atoms with Gasteiger partial charge in [-0.15, -0.1) is 0 Å². The molecule has 1 heterocycles. The van der Waals surface area contributed by atoms with Crippen molar-refractivity contribution in [2.75, 3.05) is 11.9 Å². The van der Waals surface area contributed by atoms with E-state index in [9.17, 15) is 4.79 Å². The van der Waals surface area contributed by atoms with Gasteiger partial charge in [-0.1, -0.05) is 18.2 Å². The molecule has 0 aliphatic heterocycles. The van der Waals surface area contributed by atoms with Gasteiger partial charge >= 0.3 is 0 Å². The highest BCUT2D eigenvalue weighted by Crippen LogP contribution is 2.19. The van der Waals surface area contributed by atoms with E-state index in [1.54, 1.807) is 24.2 Å². The van der Waals surface area contributed by atoms with E-state index in [4.69, 9.17) is 5.73 Å². The number of carbonyl (C=O) groups excluding carboxylic acids is 1. The molecule has 98 valence electrons. The minimum Gasteiger partial charge on any atom is -0.326 e. The Kier molecular flexibility index (Phi) is 3.92. The van der Waals surface area contributed by atoms with Crippen LogP contribution >= 0.6 is 0 Å². The van der Waals surface area contributed by atoms with Crippen LogP contribution in [0, 0.1) is 6.92 Å². The Morgan fingerprint density at radius 2 is 2.05 bits per heavy atom. The first-order chi connectivity index (χ1) is 9.13. The molecule has 0 saturated carbocycles. The number of hydrogen-bond donors (Lipinski definition) is 1. The molecular weight excluding hydrogens is 238 g/mol. The molecule has 4 heteroatoms. The zero-order chi connectivity index (χ0) is 13.8. The molecule has 0 radical (unpaired) electrons. The average molecular weight is 255 g/mol. The molecule has 2 aromatic rings. The molecule has 1 amide bonds. The van der Waals surface area contributed by atoms with Crippen LogP contribution < -0.4 is 10.6 Å². The number of anilines is 1. The predicted molar refractivity (Wildman–Crippen MR) is 76.0 cm³/mol. The van der Waals surface area contributed by atoms with Crippen molar-refractivity contribution < 1.29 is 4.79 Å². The lowest BCUT2D eigenvalue weighted by molar-refractivity contribution is 0.0988. The number of hydrogen-bond acceptors (Lipinski definition) is 3.